The van der Waals surface area contributed by atoms with Gasteiger partial charge >= 0.3 is 0 Å². The molecule has 0 aliphatic carbocycles. The van der Waals surface area contributed by atoms with Gasteiger partial charge in [0, 0.05) is 9.58 Å². The van der Waals surface area contributed by atoms with Gasteiger partial charge in [0.1, 0.15) is 5.82 Å². The Morgan fingerprint density at radius 2 is 2.23 bits per heavy atom. The zero-order valence-electron chi connectivity index (χ0n) is 6.57. The van der Waals surface area contributed by atoms with Crippen LogP contribution >= 0.6 is 11.3 Å². The number of fused-ring (bicyclic) bond motifs is 1. The van der Waals surface area contributed by atoms with E-state index in [0.29, 0.717) is 0 Å². The smallest absolute Gasteiger partial charge is 0.124 e. The number of nitrogens with zero attached hydrogens (tertiary/aromatic N) is 1. The van der Waals surface area contributed by atoms with E-state index < -0.39 is 0 Å². The first kappa shape index (κ1) is 8.19. The molecule has 0 aliphatic rings. The van der Waals surface area contributed by atoms with E-state index in [-0.39, 0.29) is 5.82 Å². The standard InChI is InChI=1S/C9H6FNOS/c10-7-2-1-6-3-8(5-11-12)13-9(6)4-7/h1-5,12H/b11-5+. The van der Waals surface area contributed by atoms with Crippen molar-refractivity contribution in [2.24, 2.45) is 5.16 Å². The summed E-state index contributed by atoms with van der Waals surface area (Å²) in [5, 5.41) is 12.2. The van der Waals surface area contributed by atoms with Crippen molar-refractivity contribution in [2.75, 3.05) is 0 Å². The van der Waals surface area contributed by atoms with Gasteiger partial charge < -0.3 is 5.21 Å². The second kappa shape index (κ2) is 3.14. The van der Waals surface area contributed by atoms with Crippen LogP contribution in [0.5, 0.6) is 0 Å². The highest BCUT2D eigenvalue weighted by Crippen LogP contribution is 2.24. The average molecular weight is 195 g/mol. The lowest BCUT2D eigenvalue weighted by molar-refractivity contribution is 0.322. The van der Waals surface area contributed by atoms with Gasteiger partial charge in [-0.3, -0.25) is 0 Å². The van der Waals surface area contributed by atoms with Crippen LogP contribution in [0, 0.1) is 5.82 Å². The summed E-state index contributed by atoms with van der Waals surface area (Å²) < 4.78 is 13.6. The van der Waals surface area contributed by atoms with Crippen LogP contribution in [0.3, 0.4) is 0 Å². The third kappa shape index (κ3) is 1.53. The van der Waals surface area contributed by atoms with E-state index in [1.165, 1.54) is 29.7 Å². The van der Waals surface area contributed by atoms with Gasteiger partial charge in [-0.05, 0) is 23.6 Å². The molecule has 2 rings (SSSR count). The van der Waals surface area contributed by atoms with Gasteiger partial charge in [-0.25, -0.2) is 4.39 Å². The van der Waals surface area contributed by atoms with Crippen LogP contribution in [0.2, 0.25) is 0 Å². The summed E-state index contributed by atoms with van der Waals surface area (Å²) in [6.45, 7) is 0. The Morgan fingerprint density at radius 3 is 3.00 bits per heavy atom. The van der Waals surface area contributed by atoms with Crippen molar-refractivity contribution in [3.63, 3.8) is 0 Å². The number of benzene rings is 1. The van der Waals surface area contributed by atoms with Crippen LogP contribution in [0.4, 0.5) is 4.39 Å². The van der Waals surface area contributed by atoms with Crippen molar-refractivity contribution in [3.05, 3.63) is 35.0 Å². The van der Waals surface area contributed by atoms with Crippen LogP contribution in [0.15, 0.2) is 29.4 Å². The predicted octanol–water partition coefficient (Wildman–Crippen LogP) is 2.85. The fourth-order valence-corrected chi connectivity index (χ4v) is 2.10. The first-order chi connectivity index (χ1) is 6.29. The number of thiophene rings is 1. The number of oxime groups is 1. The van der Waals surface area contributed by atoms with E-state index in [4.69, 9.17) is 5.21 Å². The maximum absolute atomic E-state index is 12.8. The Hall–Kier alpha value is -1.42. The summed E-state index contributed by atoms with van der Waals surface area (Å²) >= 11 is 1.39. The van der Waals surface area contributed by atoms with E-state index in [1.54, 1.807) is 6.07 Å². The first-order valence-electron chi connectivity index (χ1n) is 3.66. The van der Waals surface area contributed by atoms with Crippen LogP contribution in [-0.2, 0) is 0 Å². The number of rotatable bonds is 1. The molecule has 4 heteroatoms. The monoisotopic (exact) mass is 195 g/mol. The van der Waals surface area contributed by atoms with Crippen LogP contribution < -0.4 is 0 Å². The molecule has 0 unspecified atom stereocenters. The van der Waals surface area contributed by atoms with Gasteiger partial charge in [0.05, 0.1) is 6.21 Å². The summed E-state index contributed by atoms with van der Waals surface area (Å²) in [5.41, 5.74) is 0. The summed E-state index contributed by atoms with van der Waals surface area (Å²) in [6.07, 6.45) is 1.34. The molecule has 0 saturated carbocycles. The molecule has 13 heavy (non-hydrogen) atoms. The van der Waals surface area contributed by atoms with E-state index >= 15 is 0 Å². The highest BCUT2D eigenvalue weighted by atomic mass is 32.1. The normalized spacial score (nSPS) is 11.5. The second-order valence-electron chi connectivity index (χ2n) is 2.58. The Morgan fingerprint density at radius 1 is 1.38 bits per heavy atom. The van der Waals surface area contributed by atoms with Crippen LogP contribution in [0.1, 0.15) is 4.88 Å². The summed E-state index contributed by atoms with van der Waals surface area (Å²) in [6, 6.07) is 6.43. The number of halogens is 1. The van der Waals surface area contributed by atoms with E-state index in [1.807, 2.05) is 6.07 Å². The molecule has 1 heterocycles. The molecule has 66 valence electrons. The second-order valence-corrected chi connectivity index (χ2v) is 3.69. The van der Waals surface area contributed by atoms with E-state index in [0.717, 1.165) is 15.0 Å². The zero-order chi connectivity index (χ0) is 9.26. The fraction of sp³-hybridized carbons (Fsp3) is 0. The lowest BCUT2D eigenvalue weighted by Gasteiger charge is -1.86. The highest BCUT2D eigenvalue weighted by Gasteiger charge is 2.00. The molecule has 0 radical (unpaired) electrons. The predicted molar refractivity (Wildman–Crippen MR) is 51.2 cm³/mol. The van der Waals surface area contributed by atoms with Crippen LogP contribution in [0.25, 0.3) is 10.1 Å². The molecular formula is C9H6FNOS. The Bertz CT molecular complexity index is 464. The lowest BCUT2D eigenvalue weighted by atomic mass is 10.2. The lowest BCUT2D eigenvalue weighted by Crippen LogP contribution is -1.69. The van der Waals surface area contributed by atoms with Gasteiger partial charge in [-0.1, -0.05) is 11.2 Å². The summed E-state index contributed by atoms with van der Waals surface area (Å²) in [4.78, 5) is 0.808. The van der Waals surface area contributed by atoms with Crippen molar-refractivity contribution in [3.8, 4) is 0 Å². The topological polar surface area (TPSA) is 32.6 Å². The van der Waals surface area contributed by atoms with E-state index in [9.17, 15) is 4.39 Å². The largest absolute Gasteiger partial charge is 0.411 e. The number of hydrogen-bond donors (Lipinski definition) is 1. The van der Waals surface area contributed by atoms with Crippen molar-refractivity contribution in [1.29, 1.82) is 0 Å². The zero-order valence-corrected chi connectivity index (χ0v) is 7.38. The van der Waals surface area contributed by atoms with Gasteiger partial charge in [-0.15, -0.1) is 11.3 Å². The Labute approximate surface area is 77.9 Å². The molecule has 1 aromatic heterocycles. The first-order valence-corrected chi connectivity index (χ1v) is 4.48. The third-order valence-electron chi connectivity index (χ3n) is 1.69. The molecule has 2 aromatic rings. The molecule has 0 atom stereocenters. The van der Waals surface area contributed by atoms with Gasteiger partial charge in [0.2, 0.25) is 0 Å². The minimum Gasteiger partial charge on any atom is -0.411 e. The maximum Gasteiger partial charge on any atom is 0.124 e. The molecular weight excluding hydrogens is 189 g/mol. The van der Waals surface area contributed by atoms with E-state index in [2.05, 4.69) is 5.16 Å². The van der Waals surface area contributed by atoms with Gasteiger partial charge in [0.15, 0.2) is 0 Å². The maximum atomic E-state index is 12.8. The Kier molecular flexibility index (Phi) is 1.98. The molecule has 0 amide bonds. The summed E-state index contributed by atoms with van der Waals surface area (Å²) in [5.74, 6) is -0.248. The third-order valence-corrected chi connectivity index (χ3v) is 2.72. The fourth-order valence-electron chi connectivity index (χ4n) is 1.15. The van der Waals surface area contributed by atoms with Crippen molar-refractivity contribution < 1.29 is 9.60 Å². The molecule has 0 bridgehead atoms. The quantitative estimate of drug-likeness (QED) is 0.423. The van der Waals surface area contributed by atoms with Crippen molar-refractivity contribution >= 4 is 27.6 Å². The number of hydrogen-bond acceptors (Lipinski definition) is 3. The molecule has 0 aliphatic heterocycles. The van der Waals surface area contributed by atoms with Gasteiger partial charge in [0.25, 0.3) is 0 Å². The Balaban J connectivity index is 2.62. The summed E-state index contributed by atoms with van der Waals surface area (Å²) in [7, 11) is 0. The molecule has 2 nitrogen and oxygen atoms in total. The molecule has 0 saturated heterocycles. The van der Waals surface area contributed by atoms with Gasteiger partial charge in [-0.2, -0.15) is 0 Å². The molecule has 0 fully saturated rings. The molecule has 1 N–H and O–H groups in total. The molecule has 0 spiro atoms. The van der Waals surface area contributed by atoms with Crippen molar-refractivity contribution in [1.82, 2.24) is 0 Å². The minimum atomic E-state index is -0.248. The molecule has 1 aromatic carbocycles. The van der Waals surface area contributed by atoms with Crippen LogP contribution in [-0.4, -0.2) is 11.4 Å². The highest BCUT2D eigenvalue weighted by molar-refractivity contribution is 7.20. The minimum absolute atomic E-state index is 0.248. The van der Waals surface area contributed by atoms with Crippen molar-refractivity contribution in [2.45, 2.75) is 0 Å². The average Bonchev–Trinajstić information content (AvgIpc) is 2.46. The SMILES string of the molecule is O/N=C/c1cc2ccc(F)cc2s1.